The lowest BCUT2D eigenvalue weighted by Gasteiger charge is -2.29. The number of rotatable bonds is 8. The van der Waals surface area contributed by atoms with Crippen molar-refractivity contribution in [2.45, 2.75) is 32.4 Å². The highest BCUT2D eigenvalue weighted by Gasteiger charge is 2.15. The van der Waals surface area contributed by atoms with E-state index in [2.05, 4.69) is 38.3 Å². The van der Waals surface area contributed by atoms with Crippen LogP contribution < -0.4 is 19.7 Å². The highest BCUT2D eigenvalue weighted by atomic mass is 79.9. The zero-order valence-electron chi connectivity index (χ0n) is 18.2. The summed E-state index contributed by atoms with van der Waals surface area (Å²) in [7, 11) is 1.66. The second kappa shape index (κ2) is 11.0. The minimum Gasteiger partial charge on any atom is -0.493 e. The summed E-state index contributed by atoms with van der Waals surface area (Å²) in [6, 6.07) is 20.3. The van der Waals surface area contributed by atoms with Gasteiger partial charge in [-0.2, -0.15) is 0 Å². The van der Waals surface area contributed by atoms with E-state index in [0.29, 0.717) is 24.7 Å². The first-order valence-electron chi connectivity index (χ1n) is 11.0. The molecule has 1 aliphatic heterocycles. The van der Waals surface area contributed by atoms with Crippen molar-refractivity contribution in [1.29, 1.82) is 0 Å². The van der Waals surface area contributed by atoms with Crippen LogP contribution in [0.15, 0.2) is 65.1 Å². The number of nitrogens with one attached hydrogen (secondary N) is 1. The summed E-state index contributed by atoms with van der Waals surface area (Å²) in [5, 5.41) is 4.26. The number of hydrogen-bond donors (Lipinski definition) is 1. The lowest BCUT2D eigenvalue weighted by molar-refractivity contribution is 0.284. The number of methoxy groups -OCH3 is 1. The second-order valence-corrected chi connectivity index (χ2v) is 9.20. The Balaban J connectivity index is 1.42. The minimum atomic E-state index is 0.489. The molecule has 3 aromatic carbocycles. The molecule has 0 aliphatic carbocycles. The molecule has 0 radical (unpaired) electrons. The number of benzene rings is 3. The zero-order chi connectivity index (χ0) is 22.3. The third kappa shape index (κ3) is 5.70. The van der Waals surface area contributed by atoms with Crippen molar-refractivity contribution in [3.05, 3.63) is 81.3 Å². The monoisotopic (exact) mass is 514 g/mol. The Bertz CT molecular complexity index is 1040. The Morgan fingerprint density at radius 2 is 1.75 bits per heavy atom. The molecule has 1 saturated heterocycles. The van der Waals surface area contributed by atoms with Gasteiger partial charge in [-0.1, -0.05) is 57.9 Å². The third-order valence-electron chi connectivity index (χ3n) is 5.70. The van der Waals surface area contributed by atoms with Crippen molar-refractivity contribution in [3.8, 4) is 11.5 Å². The second-order valence-electron chi connectivity index (χ2n) is 7.94. The Labute approximate surface area is 203 Å². The molecule has 4 nitrogen and oxygen atoms in total. The fourth-order valence-electron chi connectivity index (χ4n) is 3.93. The molecule has 168 valence electrons. The largest absolute Gasteiger partial charge is 0.493 e. The normalized spacial score (nSPS) is 13.7. The van der Waals surface area contributed by atoms with Gasteiger partial charge < -0.3 is 19.7 Å². The van der Waals surface area contributed by atoms with E-state index in [1.165, 1.54) is 19.3 Å². The Hall–Kier alpha value is -2.37. The molecule has 0 amide bonds. The van der Waals surface area contributed by atoms with Crippen LogP contribution in [0.5, 0.6) is 11.5 Å². The Morgan fingerprint density at radius 1 is 0.969 bits per heavy atom. The van der Waals surface area contributed by atoms with E-state index in [1.54, 1.807) is 7.11 Å². The van der Waals surface area contributed by atoms with Gasteiger partial charge >= 0.3 is 0 Å². The molecule has 1 aliphatic rings. The van der Waals surface area contributed by atoms with Gasteiger partial charge in [0.05, 0.1) is 17.8 Å². The van der Waals surface area contributed by atoms with E-state index in [4.69, 9.17) is 21.1 Å². The molecule has 1 fully saturated rings. The van der Waals surface area contributed by atoms with Crippen molar-refractivity contribution in [2.75, 3.05) is 30.4 Å². The molecule has 6 heteroatoms. The van der Waals surface area contributed by atoms with E-state index in [9.17, 15) is 0 Å². The molecule has 0 unspecified atom stereocenters. The maximum atomic E-state index is 6.60. The van der Waals surface area contributed by atoms with Gasteiger partial charge in [0, 0.05) is 29.8 Å². The van der Waals surface area contributed by atoms with Crippen molar-refractivity contribution >= 4 is 38.9 Å². The summed E-state index contributed by atoms with van der Waals surface area (Å²) >= 11 is 10.3. The average Bonchev–Trinajstić information content (AvgIpc) is 2.83. The molecule has 32 heavy (non-hydrogen) atoms. The summed E-state index contributed by atoms with van der Waals surface area (Å²) in [6.45, 7) is 3.29. The summed E-state index contributed by atoms with van der Waals surface area (Å²) in [5.41, 5.74) is 4.30. The summed E-state index contributed by atoms with van der Waals surface area (Å²) in [4.78, 5) is 2.38. The Morgan fingerprint density at radius 3 is 2.47 bits per heavy atom. The topological polar surface area (TPSA) is 33.7 Å². The molecule has 0 aromatic heterocycles. The first-order chi connectivity index (χ1) is 15.6. The first kappa shape index (κ1) is 22.8. The van der Waals surface area contributed by atoms with Crippen LogP contribution in [0.2, 0.25) is 5.02 Å². The molecular weight excluding hydrogens is 488 g/mol. The molecule has 1 heterocycles. The predicted octanol–water partition coefficient (Wildman–Crippen LogP) is 7.29. The first-order valence-corrected chi connectivity index (χ1v) is 12.1. The lowest BCUT2D eigenvalue weighted by Crippen LogP contribution is -2.29. The van der Waals surface area contributed by atoms with Crippen LogP contribution in [0.1, 0.15) is 30.4 Å². The van der Waals surface area contributed by atoms with Gasteiger partial charge in [0.15, 0.2) is 11.5 Å². The van der Waals surface area contributed by atoms with Gasteiger partial charge in [-0.25, -0.2) is 0 Å². The lowest BCUT2D eigenvalue weighted by atomic mass is 10.1. The van der Waals surface area contributed by atoms with Gasteiger partial charge in [0.2, 0.25) is 0 Å². The van der Waals surface area contributed by atoms with E-state index in [1.807, 2.05) is 48.5 Å². The number of anilines is 2. The van der Waals surface area contributed by atoms with Crippen LogP contribution in [0.4, 0.5) is 11.4 Å². The highest BCUT2D eigenvalue weighted by molar-refractivity contribution is 9.10. The quantitative estimate of drug-likeness (QED) is 0.341. The Kier molecular flexibility index (Phi) is 7.82. The molecular formula is C26H28BrClN2O2. The van der Waals surface area contributed by atoms with Crippen molar-refractivity contribution in [3.63, 3.8) is 0 Å². The number of nitrogens with zero attached hydrogens (tertiary/aromatic N) is 1. The fraction of sp³-hybridized carbons (Fsp3) is 0.308. The standard InChI is InChI=1S/C26H28BrClN2O2/c1-31-25-14-20(22(27)16-26(25)32-18-19-8-4-2-5-9-19)17-29-21-10-11-24(23(28)15-21)30-12-6-3-7-13-30/h2,4-5,8-11,14-16,29H,3,6-7,12-13,17-18H2,1H3. The van der Waals surface area contributed by atoms with E-state index >= 15 is 0 Å². The average molecular weight is 516 g/mol. The van der Waals surface area contributed by atoms with Crippen LogP contribution in [0.3, 0.4) is 0 Å². The number of ether oxygens (including phenoxy) is 2. The molecule has 3 aromatic rings. The van der Waals surface area contributed by atoms with Gasteiger partial charge in [0.1, 0.15) is 6.61 Å². The predicted molar refractivity (Wildman–Crippen MR) is 136 cm³/mol. The minimum absolute atomic E-state index is 0.489. The van der Waals surface area contributed by atoms with E-state index < -0.39 is 0 Å². The third-order valence-corrected chi connectivity index (χ3v) is 6.74. The smallest absolute Gasteiger partial charge is 0.162 e. The molecule has 0 bridgehead atoms. The van der Waals surface area contributed by atoms with Gasteiger partial charge in [-0.05, 0) is 60.7 Å². The summed E-state index contributed by atoms with van der Waals surface area (Å²) in [6.07, 6.45) is 3.77. The summed E-state index contributed by atoms with van der Waals surface area (Å²) < 4.78 is 12.5. The van der Waals surface area contributed by atoms with Crippen molar-refractivity contribution < 1.29 is 9.47 Å². The number of halogens is 2. The number of hydrogen-bond acceptors (Lipinski definition) is 4. The van der Waals surface area contributed by atoms with Gasteiger partial charge in [-0.3, -0.25) is 0 Å². The van der Waals surface area contributed by atoms with Crippen LogP contribution in [-0.2, 0) is 13.2 Å². The van der Waals surface area contributed by atoms with Crippen LogP contribution in [0, 0.1) is 0 Å². The maximum Gasteiger partial charge on any atom is 0.162 e. The molecule has 0 spiro atoms. The van der Waals surface area contributed by atoms with Crippen LogP contribution in [0.25, 0.3) is 0 Å². The van der Waals surface area contributed by atoms with Crippen LogP contribution in [-0.4, -0.2) is 20.2 Å². The molecule has 0 atom stereocenters. The fourth-order valence-corrected chi connectivity index (χ4v) is 4.69. The summed E-state index contributed by atoms with van der Waals surface area (Å²) in [5.74, 6) is 1.42. The number of piperidine rings is 1. The van der Waals surface area contributed by atoms with Gasteiger partial charge in [-0.15, -0.1) is 0 Å². The van der Waals surface area contributed by atoms with Crippen molar-refractivity contribution in [2.24, 2.45) is 0 Å². The van der Waals surface area contributed by atoms with E-state index in [0.717, 1.165) is 45.1 Å². The van der Waals surface area contributed by atoms with Crippen LogP contribution >= 0.6 is 27.5 Å². The maximum absolute atomic E-state index is 6.60. The van der Waals surface area contributed by atoms with E-state index in [-0.39, 0.29) is 0 Å². The van der Waals surface area contributed by atoms with Crippen molar-refractivity contribution in [1.82, 2.24) is 0 Å². The molecule has 4 rings (SSSR count). The highest BCUT2D eigenvalue weighted by Crippen LogP contribution is 2.35. The molecule has 0 saturated carbocycles. The SMILES string of the molecule is COc1cc(CNc2ccc(N3CCCCC3)c(Cl)c2)c(Br)cc1OCc1ccccc1. The zero-order valence-corrected chi connectivity index (χ0v) is 20.6. The molecule has 1 N–H and O–H groups in total. The van der Waals surface area contributed by atoms with Gasteiger partial charge in [0.25, 0.3) is 0 Å².